The Morgan fingerprint density at radius 1 is 1.12 bits per heavy atom. The maximum Gasteiger partial charge on any atom is 0.349 e. The summed E-state index contributed by atoms with van der Waals surface area (Å²) in [5.41, 5.74) is 0.346. The number of nitrogens with zero attached hydrogens (tertiary/aromatic N) is 2. The molecular weight excluding hydrogens is 342 g/mol. The number of methoxy groups -OCH3 is 1. The minimum Gasteiger partial charge on any atom is -0.495 e. The zero-order valence-corrected chi connectivity index (χ0v) is 13.9. The topological polar surface area (TPSA) is 77.0 Å². The molecule has 6 nitrogen and oxygen atoms in total. The molecule has 25 heavy (non-hydrogen) atoms. The summed E-state index contributed by atoms with van der Waals surface area (Å²) in [6.45, 7) is 0. The van der Waals surface area contributed by atoms with Crippen LogP contribution in [0.3, 0.4) is 0 Å². The Morgan fingerprint density at radius 2 is 1.92 bits per heavy atom. The third-order valence-electron chi connectivity index (χ3n) is 3.99. The van der Waals surface area contributed by atoms with E-state index in [-0.39, 0.29) is 5.82 Å². The maximum atomic E-state index is 12.3. The van der Waals surface area contributed by atoms with Gasteiger partial charge < -0.3 is 4.74 Å². The summed E-state index contributed by atoms with van der Waals surface area (Å²) < 4.78 is 7.17. The molecule has 2 heterocycles. The molecule has 0 unspecified atom stereocenters. The van der Waals surface area contributed by atoms with Gasteiger partial charge in [-0.25, -0.2) is 4.79 Å². The second-order valence-corrected chi connectivity index (χ2v) is 5.84. The monoisotopic (exact) mass is 353 g/mol. The Labute approximate surface area is 146 Å². The highest BCUT2D eigenvalue weighted by Crippen LogP contribution is 2.35. The summed E-state index contributed by atoms with van der Waals surface area (Å²) in [4.78, 5) is 30.3. The lowest BCUT2D eigenvalue weighted by Gasteiger charge is -2.20. The van der Waals surface area contributed by atoms with Crippen molar-refractivity contribution >= 4 is 22.5 Å². The number of aromatic nitrogens is 3. The number of aromatic amines is 1. The number of halogens is 1. The highest BCUT2D eigenvalue weighted by molar-refractivity contribution is 6.32. The Hall–Kier alpha value is -3.12. The number of hydrogen-bond donors (Lipinski definition) is 1. The van der Waals surface area contributed by atoms with Gasteiger partial charge in [-0.15, -0.1) is 0 Å². The molecule has 2 aliphatic rings. The maximum absolute atomic E-state index is 12.3. The molecule has 1 N–H and O–H groups in total. The van der Waals surface area contributed by atoms with E-state index in [0.717, 1.165) is 5.39 Å². The first-order valence-corrected chi connectivity index (χ1v) is 7.85. The first-order chi connectivity index (χ1) is 12.1. The summed E-state index contributed by atoms with van der Waals surface area (Å²) in [5, 5.41) is 1.22. The minimum absolute atomic E-state index is 0.221. The molecule has 2 aromatic carbocycles. The lowest BCUT2D eigenvalue weighted by Crippen LogP contribution is -2.27. The third-order valence-corrected chi connectivity index (χ3v) is 4.31. The van der Waals surface area contributed by atoms with Gasteiger partial charge in [0.15, 0.2) is 5.82 Å². The molecule has 0 saturated heterocycles. The number of rotatable bonds is 2. The minimum atomic E-state index is -0.715. The van der Waals surface area contributed by atoms with Crippen LogP contribution in [0.15, 0.2) is 58.1 Å². The summed E-state index contributed by atoms with van der Waals surface area (Å²) in [6, 6.07) is 14.3. The van der Waals surface area contributed by atoms with Crippen LogP contribution in [0.2, 0.25) is 5.02 Å². The van der Waals surface area contributed by atoms with Gasteiger partial charge in [0.1, 0.15) is 5.75 Å². The highest BCUT2D eigenvalue weighted by atomic mass is 35.5. The molecule has 7 heteroatoms. The van der Waals surface area contributed by atoms with Crippen molar-refractivity contribution < 1.29 is 4.74 Å². The Balaban J connectivity index is 2.33. The van der Waals surface area contributed by atoms with Crippen molar-refractivity contribution in [1.82, 2.24) is 14.5 Å². The average Bonchev–Trinajstić information content (AvgIpc) is 2.60. The number of para-hydroxylation sites is 2. The standard InChI is InChI=1S/C18H12ClN3O3/c1-25-14-8-4-5-10-9-11-16(20-18(24)21-17(11)23)22(15(10)14)13-7-3-2-6-12(13)19/h2-9H,1H3,(H,21,23,24). The van der Waals surface area contributed by atoms with Crippen LogP contribution < -0.4 is 16.0 Å². The summed E-state index contributed by atoms with van der Waals surface area (Å²) in [5.74, 6) is 0.799. The average molecular weight is 354 g/mol. The quantitative estimate of drug-likeness (QED) is 0.562. The van der Waals surface area contributed by atoms with Gasteiger partial charge >= 0.3 is 5.69 Å². The molecule has 2 aliphatic heterocycles. The molecule has 2 aromatic rings. The molecule has 124 valence electrons. The van der Waals surface area contributed by atoms with E-state index >= 15 is 0 Å². The molecule has 0 spiro atoms. The molecule has 0 fully saturated rings. The van der Waals surface area contributed by atoms with Crippen LogP contribution in [0, 0.1) is 0 Å². The Morgan fingerprint density at radius 3 is 2.68 bits per heavy atom. The molecular formula is C18H12ClN3O3. The van der Waals surface area contributed by atoms with E-state index in [1.54, 1.807) is 42.0 Å². The van der Waals surface area contributed by atoms with Crippen molar-refractivity contribution in [3.05, 3.63) is 74.4 Å². The second-order valence-electron chi connectivity index (χ2n) is 5.44. The van der Waals surface area contributed by atoms with Gasteiger partial charge in [-0.1, -0.05) is 35.9 Å². The molecule has 0 radical (unpaired) electrons. The number of benzene rings is 2. The van der Waals surface area contributed by atoms with Crippen molar-refractivity contribution in [2.24, 2.45) is 0 Å². The molecule has 4 rings (SSSR count). The molecule has 0 saturated carbocycles. The van der Waals surface area contributed by atoms with Crippen molar-refractivity contribution in [3.63, 3.8) is 0 Å². The number of H-pyrrole nitrogens is 1. The lowest BCUT2D eigenvalue weighted by atomic mass is 10.1. The normalized spacial score (nSPS) is 11.1. The van der Waals surface area contributed by atoms with Crippen LogP contribution in [0.4, 0.5) is 0 Å². The molecule has 0 amide bonds. The van der Waals surface area contributed by atoms with Crippen molar-refractivity contribution in [3.8, 4) is 22.8 Å². The van der Waals surface area contributed by atoms with Crippen LogP contribution >= 0.6 is 11.6 Å². The molecule has 0 bridgehead atoms. The van der Waals surface area contributed by atoms with E-state index < -0.39 is 11.2 Å². The molecule has 0 aliphatic carbocycles. The summed E-state index contributed by atoms with van der Waals surface area (Å²) in [6.07, 6.45) is 0. The van der Waals surface area contributed by atoms with Crippen molar-refractivity contribution in [1.29, 1.82) is 0 Å². The fourth-order valence-electron chi connectivity index (χ4n) is 2.94. The molecule has 0 aromatic heterocycles. The van der Waals surface area contributed by atoms with Gasteiger partial charge in [-0.05, 0) is 24.3 Å². The summed E-state index contributed by atoms with van der Waals surface area (Å²) >= 11 is 6.38. The highest BCUT2D eigenvalue weighted by Gasteiger charge is 2.21. The third kappa shape index (κ3) is 2.38. The van der Waals surface area contributed by atoms with Gasteiger partial charge in [-0.2, -0.15) is 4.98 Å². The van der Waals surface area contributed by atoms with E-state index in [0.29, 0.717) is 27.5 Å². The van der Waals surface area contributed by atoms with Crippen LogP contribution in [0.1, 0.15) is 0 Å². The van der Waals surface area contributed by atoms with Crippen LogP contribution in [-0.4, -0.2) is 21.6 Å². The first-order valence-electron chi connectivity index (χ1n) is 7.48. The van der Waals surface area contributed by atoms with Gasteiger partial charge in [-0.3, -0.25) is 14.3 Å². The number of fused-ring (bicyclic) bond motifs is 2. The second kappa shape index (κ2) is 5.75. The van der Waals surface area contributed by atoms with Crippen LogP contribution in [-0.2, 0) is 0 Å². The number of ether oxygens (including phenoxy) is 1. The fraction of sp³-hybridized carbons (Fsp3) is 0.0556. The zero-order chi connectivity index (χ0) is 17.6. The Kier molecular flexibility index (Phi) is 3.54. The van der Waals surface area contributed by atoms with Gasteiger partial charge in [0.25, 0.3) is 5.56 Å². The summed E-state index contributed by atoms with van der Waals surface area (Å²) in [7, 11) is 1.56. The number of pyridine rings is 1. The van der Waals surface area contributed by atoms with E-state index in [9.17, 15) is 9.59 Å². The Bertz CT molecular complexity index is 1200. The van der Waals surface area contributed by atoms with Crippen molar-refractivity contribution in [2.75, 3.05) is 7.11 Å². The van der Waals surface area contributed by atoms with E-state index in [1.807, 2.05) is 18.2 Å². The predicted molar refractivity (Wildman–Crippen MR) is 96.1 cm³/mol. The molecule has 0 atom stereocenters. The van der Waals surface area contributed by atoms with Crippen molar-refractivity contribution in [2.45, 2.75) is 0 Å². The number of nitrogens with one attached hydrogen (secondary N) is 1. The van der Waals surface area contributed by atoms with E-state index in [2.05, 4.69) is 9.97 Å². The first kappa shape index (κ1) is 15.4. The SMILES string of the molecule is COc1cccc2cc3c(=O)[nH]c(=O)nc-3n(-c3ccccc3Cl)c12. The van der Waals surface area contributed by atoms with Crippen LogP contribution in [0.5, 0.6) is 5.75 Å². The van der Waals surface area contributed by atoms with Gasteiger partial charge in [0, 0.05) is 5.39 Å². The largest absolute Gasteiger partial charge is 0.495 e. The van der Waals surface area contributed by atoms with E-state index in [1.165, 1.54) is 0 Å². The van der Waals surface area contributed by atoms with Gasteiger partial charge in [0.05, 0.1) is 28.9 Å². The predicted octanol–water partition coefficient (Wildman–Crippen LogP) is 2.84. The van der Waals surface area contributed by atoms with Gasteiger partial charge in [0.2, 0.25) is 0 Å². The number of hydrogen-bond acceptors (Lipinski definition) is 4. The van der Waals surface area contributed by atoms with Crippen LogP contribution in [0.25, 0.3) is 28.0 Å². The fourth-order valence-corrected chi connectivity index (χ4v) is 3.16. The lowest BCUT2D eigenvalue weighted by molar-refractivity contribution is 0.418. The smallest absolute Gasteiger partial charge is 0.349 e. The van der Waals surface area contributed by atoms with E-state index in [4.69, 9.17) is 16.3 Å². The zero-order valence-electron chi connectivity index (χ0n) is 13.1.